The van der Waals surface area contributed by atoms with Crippen molar-refractivity contribution >= 4 is 34.8 Å². The zero-order valence-corrected chi connectivity index (χ0v) is 21.4. The highest BCUT2D eigenvalue weighted by molar-refractivity contribution is 6.42. The molecule has 2 aromatic heterocycles. The number of hydrogen-bond acceptors (Lipinski definition) is 4. The Morgan fingerprint density at radius 2 is 1.91 bits per heavy atom. The summed E-state index contributed by atoms with van der Waals surface area (Å²) < 4.78 is 7.43. The molecule has 1 aliphatic carbocycles. The monoisotopic (exact) mass is 508 g/mol. The molecule has 1 amide bonds. The van der Waals surface area contributed by atoms with Crippen molar-refractivity contribution in [1.82, 2.24) is 14.9 Å². The van der Waals surface area contributed by atoms with Gasteiger partial charge in [-0.1, -0.05) is 71.7 Å². The van der Waals surface area contributed by atoms with Gasteiger partial charge in [0.15, 0.2) is 5.69 Å². The lowest BCUT2D eigenvalue weighted by molar-refractivity contribution is 0.101. The molecule has 1 aliphatic rings. The molecule has 180 valence electrons. The predicted molar refractivity (Wildman–Crippen MR) is 138 cm³/mol. The Kier molecular flexibility index (Phi) is 6.20. The van der Waals surface area contributed by atoms with E-state index >= 15 is 0 Å². The number of nitrogens with zero attached hydrogens (tertiary/aromatic N) is 3. The molecule has 0 radical (unpaired) electrons. The molecular formula is C27H26Cl2N4O2. The molecule has 5 rings (SSSR count). The van der Waals surface area contributed by atoms with Crippen LogP contribution in [-0.4, -0.2) is 20.8 Å². The summed E-state index contributed by atoms with van der Waals surface area (Å²) in [5, 5.41) is 12.8. The highest BCUT2D eigenvalue weighted by Gasteiger charge is 2.37. The van der Waals surface area contributed by atoms with E-state index in [9.17, 15) is 4.79 Å². The number of carbonyl (C=O) groups excluding carboxylic acids is 1. The van der Waals surface area contributed by atoms with Gasteiger partial charge >= 0.3 is 0 Å². The molecule has 35 heavy (non-hydrogen) atoms. The summed E-state index contributed by atoms with van der Waals surface area (Å²) in [6.45, 7) is 6.55. The van der Waals surface area contributed by atoms with E-state index in [0.717, 1.165) is 41.1 Å². The highest BCUT2D eigenvalue weighted by Crippen LogP contribution is 2.39. The minimum absolute atomic E-state index is 0.0780. The van der Waals surface area contributed by atoms with E-state index in [1.807, 2.05) is 36.7 Å². The van der Waals surface area contributed by atoms with Crippen LogP contribution in [0.2, 0.25) is 10.0 Å². The first-order valence-electron chi connectivity index (χ1n) is 11.6. The van der Waals surface area contributed by atoms with Crippen molar-refractivity contribution in [3.05, 3.63) is 98.1 Å². The summed E-state index contributed by atoms with van der Waals surface area (Å²) in [6, 6.07) is 15.9. The van der Waals surface area contributed by atoms with Gasteiger partial charge in [-0.05, 0) is 55.4 Å². The van der Waals surface area contributed by atoms with E-state index in [-0.39, 0.29) is 11.3 Å². The fraction of sp³-hybridized carbons (Fsp3) is 0.296. The van der Waals surface area contributed by atoms with Crippen LogP contribution in [-0.2, 0) is 24.8 Å². The first kappa shape index (κ1) is 23.6. The molecular weight excluding hydrogens is 483 g/mol. The molecule has 0 spiro atoms. The van der Waals surface area contributed by atoms with Gasteiger partial charge in [-0.3, -0.25) is 9.48 Å². The minimum atomic E-state index is -0.285. The first-order valence-corrected chi connectivity index (χ1v) is 12.3. The van der Waals surface area contributed by atoms with E-state index in [1.165, 1.54) is 5.56 Å². The van der Waals surface area contributed by atoms with Crippen LogP contribution in [0, 0.1) is 13.8 Å². The van der Waals surface area contributed by atoms with Gasteiger partial charge < -0.3 is 9.84 Å². The van der Waals surface area contributed by atoms with E-state index in [2.05, 4.69) is 46.8 Å². The Balaban J connectivity index is 1.38. The van der Waals surface area contributed by atoms with Crippen LogP contribution in [0.5, 0.6) is 0 Å². The number of hydrogen-bond donors (Lipinski definition) is 1. The smallest absolute Gasteiger partial charge is 0.278 e. The molecule has 1 unspecified atom stereocenters. The molecule has 8 heteroatoms. The van der Waals surface area contributed by atoms with Crippen LogP contribution in [0.4, 0.5) is 5.69 Å². The molecule has 1 N–H and O–H groups in total. The molecule has 0 saturated heterocycles. The third kappa shape index (κ3) is 4.48. The third-order valence-electron chi connectivity index (χ3n) is 6.96. The number of carbonyl (C=O) groups is 1. The maximum atomic E-state index is 13.3. The average molecular weight is 509 g/mol. The number of amides is 1. The van der Waals surface area contributed by atoms with Gasteiger partial charge in [-0.2, -0.15) is 5.10 Å². The average Bonchev–Trinajstić information content (AvgIpc) is 3.37. The van der Waals surface area contributed by atoms with Crippen LogP contribution in [0.1, 0.15) is 57.7 Å². The lowest BCUT2D eigenvalue weighted by atomic mass is 9.70. The number of nitrogens with one attached hydrogen (secondary N) is 1. The molecule has 1 atom stereocenters. The van der Waals surface area contributed by atoms with E-state index in [4.69, 9.17) is 27.7 Å². The van der Waals surface area contributed by atoms with Gasteiger partial charge in [-0.25, -0.2) is 0 Å². The SMILES string of the molecule is Cc1nn(Cc2ccc(Cl)c(Cl)c2)c(C)c1NC(=O)c1noc2c1CC(C)(c1ccccc1)CC2. The van der Waals surface area contributed by atoms with Crippen LogP contribution >= 0.6 is 23.2 Å². The number of aryl methyl sites for hydroxylation is 2. The van der Waals surface area contributed by atoms with Crippen LogP contribution in [0.15, 0.2) is 53.1 Å². The van der Waals surface area contributed by atoms with E-state index < -0.39 is 0 Å². The second-order valence-corrected chi connectivity index (χ2v) is 10.3. The van der Waals surface area contributed by atoms with Crippen LogP contribution < -0.4 is 5.32 Å². The van der Waals surface area contributed by atoms with Crippen LogP contribution in [0.25, 0.3) is 0 Å². The summed E-state index contributed by atoms with van der Waals surface area (Å²) in [5.41, 5.74) is 5.62. The van der Waals surface area contributed by atoms with Gasteiger partial charge in [-0.15, -0.1) is 0 Å². The molecule has 6 nitrogen and oxygen atoms in total. The van der Waals surface area contributed by atoms with Crippen molar-refractivity contribution in [2.24, 2.45) is 0 Å². The Morgan fingerprint density at radius 1 is 1.14 bits per heavy atom. The Bertz CT molecular complexity index is 1410. The summed E-state index contributed by atoms with van der Waals surface area (Å²) in [7, 11) is 0. The molecule has 0 saturated carbocycles. The Hall–Kier alpha value is -3.09. The van der Waals surface area contributed by atoms with Gasteiger partial charge in [0.1, 0.15) is 5.76 Å². The van der Waals surface area contributed by atoms with E-state index in [0.29, 0.717) is 34.4 Å². The summed E-state index contributed by atoms with van der Waals surface area (Å²) in [6.07, 6.45) is 2.40. The first-order chi connectivity index (χ1) is 16.7. The second-order valence-electron chi connectivity index (χ2n) is 9.44. The van der Waals surface area contributed by atoms with Gasteiger partial charge in [0.05, 0.1) is 33.7 Å². The fourth-order valence-corrected chi connectivity index (χ4v) is 5.19. The normalized spacial score (nSPS) is 17.3. The number of benzene rings is 2. The molecule has 0 aliphatic heterocycles. The molecule has 0 fully saturated rings. The van der Waals surface area contributed by atoms with E-state index in [1.54, 1.807) is 6.07 Å². The van der Waals surface area contributed by atoms with Gasteiger partial charge in [0.25, 0.3) is 5.91 Å². The van der Waals surface area contributed by atoms with Crippen LogP contribution in [0.3, 0.4) is 0 Å². The quantitative estimate of drug-likeness (QED) is 0.332. The summed E-state index contributed by atoms with van der Waals surface area (Å²) >= 11 is 12.2. The molecule has 0 bridgehead atoms. The lowest BCUT2D eigenvalue weighted by Gasteiger charge is -2.33. The molecule has 2 aromatic carbocycles. The topological polar surface area (TPSA) is 73.0 Å². The largest absolute Gasteiger partial charge is 0.360 e. The fourth-order valence-electron chi connectivity index (χ4n) is 4.87. The van der Waals surface area contributed by atoms with Crippen molar-refractivity contribution in [2.45, 2.75) is 52.0 Å². The van der Waals surface area contributed by atoms with Crippen molar-refractivity contribution in [3.63, 3.8) is 0 Å². The van der Waals surface area contributed by atoms with Gasteiger partial charge in [0.2, 0.25) is 0 Å². The maximum absolute atomic E-state index is 13.3. The molecule has 2 heterocycles. The van der Waals surface area contributed by atoms with Crippen molar-refractivity contribution in [2.75, 3.05) is 5.32 Å². The predicted octanol–water partition coefficient (Wildman–Crippen LogP) is 6.54. The number of anilines is 1. The number of fused-ring (bicyclic) bond motifs is 1. The Labute approximate surface area is 214 Å². The summed E-state index contributed by atoms with van der Waals surface area (Å²) in [4.78, 5) is 13.3. The number of aromatic nitrogens is 3. The Morgan fingerprint density at radius 3 is 2.66 bits per heavy atom. The molecule has 4 aromatic rings. The zero-order chi connectivity index (χ0) is 24.7. The van der Waals surface area contributed by atoms with Crippen molar-refractivity contribution < 1.29 is 9.32 Å². The number of halogens is 2. The minimum Gasteiger partial charge on any atom is -0.360 e. The standard InChI is InChI=1S/C27H26Cl2N4O2/c1-16-24(17(2)33(31-16)15-18-9-10-21(28)22(29)13-18)30-26(34)25-20-14-27(3,12-11-23(20)35-32-25)19-7-5-4-6-8-19/h4-10,13H,11-12,14-15H2,1-3H3,(H,30,34). The van der Waals surface area contributed by atoms with Crippen molar-refractivity contribution in [1.29, 1.82) is 0 Å². The van der Waals surface area contributed by atoms with Crippen molar-refractivity contribution in [3.8, 4) is 0 Å². The maximum Gasteiger partial charge on any atom is 0.278 e. The highest BCUT2D eigenvalue weighted by atomic mass is 35.5. The third-order valence-corrected chi connectivity index (χ3v) is 7.70. The lowest BCUT2D eigenvalue weighted by Crippen LogP contribution is -2.31. The summed E-state index contributed by atoms with van der Waals surface area (Å²) in [5.74, 6) is 0.514. The van der Waals surface area contributed by atoms with Gasteiger partial charge in [0, 0.05) is 12.0 Å². The second kappa shape index (κ2) is 9.17. The number of rotatable bonds is 5. The zero-order valence-electron chi connectivity index (χ0n) is 19.9.